The standard InChI is InChI=1S/C21H15F3N4O4/c1-11-26-17-8-3-12(18(29)16-10-25-27(2)19(16)30)9-15(17)20(31)28(11)13-4-6-14(7-5-13)32-21(22,23)24/h3-10,25H,1-2H3. The molecule has 0 saturated heterocycles. The van der Waals surface area contributed by atoms with Crippen molar-refractivity contribution in [2.75, 3.05) is 0 Å². The van der Waals surface area contributed by atoms with Gasteiger partial charge in [-0.25, -0.2) is 4.98 Å². The Kier molecular flexibility index (Phi) is 4.96. The highest BCUT2D eigenvalue weighted by Crippen LogP contribution is 2.24. The van der Waals surface area contributed by atoms with E-state index in [-0.39, 0.29) is 22.2 Å². The van der Waals surface area contributed by atoms with E-state index in [1.54, 1.807) is 6.92 Å². The molecule has 2 aromatic heterocycles. The molecule has 0 radical (unpaired) electrons. The number of aryl methyl sites for hydroxylation is 2. The molecule has 0 aliphatic rings. The van der Waals surface area contributed by atoms with Crippen LogP contribution in [0.1, 0.15) is 21.7 Å². The smallest absolute Gasteiger partial charge is 0.406 e. The first kappa shape index (κ1) is 21.1. The molecule has 4 rings (SSSR count). The summed E-state index contributed by atoms with van der Waals surface area (Å²) in [4.78, 5) is 42.3. The third-order valence-electron chi connectivity index (χ3n) is 4.81. The summed E-state index contributed by atoms with van der Waals surface area (Å²) in [5.41, 5.74) is -0.374. The third kappa shape index (κ3) is 3.80. The summed E-state index contributed by atoms with van der Waals surface area (Å²) >= 11 is 0. The number of H-pyrrole nitrogens is 1. The lowest BCUT2D eigenvalue weighted by atomic mass is 10.0. The van der Waals surface area contributed by atoms with Crippen LogP contribution in [-0.2, 0) is 7.05 Å². The maximum absolute atomic E-state index is 13.2. The highest BCUT2D eigenvalue weighted by Gasteiger charge is 2.31. The average molecular weight is 444 g/mol. The minimum absolute atomic E-state index is 0.0764. The molecule has 0 fully saturated rings. The van der Waals surface area contributed by atoms with E-state index in [1.165, 1.54) is 48.1 Å². The first-order chi connectivity index (χ1) is 15.0. The molecule has 0 atom stereocenters. The van der Waals surface area contributed by atoms with Crippen LogP contribution in [0.2, 0.25) is 0 Å². The maximum Gasteiger partial charge on any atom is 0.573 e. The van der Waals surface area contributed by atoms with E-state index in [9.17, 15) is 27.6 Å². The number of carbonyl (C=O) groups excluding carboxylic acids is 1. The lowest BCUT2D eigenvalue weighted by Gasteiger charge is -2.13. The number of hydrogen-bond donors (Lipinski definition) is 1. The number of ether oxygens (including phenoxy) is 1. The van der Waals surface area contributed by atoms with Gasteiger partial charge >= 0.3 is 6.36 Å². The Morgan fingerprint density at radius 2 is 1.75 bits per heavy atom. The molecule has 1 N–H and O–H groups in total. The van der Waals surface area contributed by atoms with Crippen molar-refractivity contribution in [1.29, 1.82) is 0 Å². The summed E-state index contributed by atoms with van der Waals surface area (Å²) in [5, 5.41) is 2.73. The van der Waals surface area contributed by atoms with Gasteiger partial charge in [0.2, 0.25) is 0 Å². The highest BCUT2D eigenvalue weighted by molar-refractivity contribution is 6.10. The van der Waals surface area contributed by atoms with Crippen molar-refractivity contribution in [1.82, 2.24) is 19.3 Å². The number of nitrogens with zero attached hydrogens (tertiary/aromatic N) is 3. The summed E-state index contributed by atoms with van der Waals surface area (Å²) in [6.07, 6.45) is -3.55. The van der Waals surface area contributed by atoms with Crippen molar-refractivity contribution in [3.8, 4) is 11.4 Å². The van der Waals surface area contributed by atoms with E-state index in [4.69, 9.17) is 0 Å². The van der Waals surface area contributed by atoms with Crippen LogP contribution in [0.25, 0.3) is 16.6 Å². The second-order valence-electron chi connectivity index (χ2n) is 6.95. The van der Waals surface area contributed by atoms with Gasteiger partial charge in [0.05, 0.1) is 16.6 Å². The van der Waals surface area contributed by atoms with Gasteiger partial charge in [0.1, 0.15) is 17.1 Å². The number of rotatable bonds is 4. The first-order valence-electron chi connectivity index (χ1n) is 9.24. The van der Waals surface area contributed by atoms with E-state index in [2.05, 4.69) is 14.8 Å². The van der Waals surface area contributed by atoms with Crippen molar-refractivity contribution < 1.29 is 22.7 Å². The minimum atomic E-state index is -4.83. The van der Waals surface area contributed by atoms with Crippen LogP contribution in [-0.4, -0.2) is 31.5 Å². The predicted octanol–water partition coefficient (Wildman–Crippen LogP) is 2.85. The highest BCUT2D eigenvalue weighted by atomic mass is 19.4. The van der Waals surface area contributed by atoms with Crippen LogP contribution in [0, 0.1) is 6.92 Å². The summed E-state index contributed by atoms with van der Waals surface area (Å²) in [6, 6.07) is 9.07. The van der Waals surface area contributed by atoms with Gasteiger partial charge in [-0.2, -0.15) is 0 Å². The Hall–Kier alpha value is -4.15. The molecule has 2 heterocycles. The Labute approximate surface area is 177 Å². The minimum Gasteiger partial charge on any atom is -0.406 e. The van der Waals surface area contributed by atoms with Crippen molar-refractivity contribution in [3.05, 3.63) is 86.3 Å². The average Bonchev–Trinajstić information content (AvgIpc) is 3.06. The van der Waals surface area contributed by atoms with Crippen LogP contribution in [0.15, 0.2) is 58.3 Å². The molecule has 164 valence electrons. The van der Waals surface area contributed by atoms with Crippen LogP contribution in [0.4, 0.5) is 13.2 Å². The van der Waals surface area contributed by atoms with Crippen molar-refractivity contribution >= 4 is 16.7 Å². The van der Waals surface area contributed by atoms with Crippen molar-refractivity contribution in [3.63, 3.8) is 0 Å². The molecule has 0 unspecified atom stereocenters. The summed E-state index contributed by atoms with van der Waals surface area (Å²) < 4.78 is 43.4. The van der Waals surface area contributed by atoms with Gasteiger partial charge in [0.15, 0.2) is 5.78 Å². The van der Waals surface area contributed by atoms with Crippen LogP contribution in [0.3, 0.4) is 0 Å². The van der Waals surface area contributed by atoms with Crippen molar-refractivity contribution in [2.24, 2.45) is 7.05 Å². The number of alkyl halides is 3. The number of fused-ring (bicyclic) bond motifs is 1. The van der Waals surface area contributed by atoms with Crippen LogP contribution >= 0.6 is 0 Å². The molecule has 11 heteroatoms. The Morgan fingerprint density at radius 3 is 2.34 bits per heavy atom. The fourth-order valence-corrected chi connectivity index (χ4v) is 3.32. The summed E-state index contributed by atoms with van der Waals surface area (Å²) in [5.74, 6) is -0.693. The van der Waals surface area contributed by atoms with Gasteiger partial charge in [-0.1, -0.05) is 0 Å². The van der Waals surface area contributed by atoms with E-state index < -0.39 is 29.0 Å². The normalized spacial score (nSPS) is 11.7. The monoisotopic (exact) mass is 444 g/mol. The van der Waals surface area contributed by atoms with Crippen LogP contribution in [0.5, 0.6) is 5.75 Å². The topological polar surface area (TPSA) is 99.0 Å². The maximum atomic E-state index is 13.2. The molecule has 0 aliphatic carbocycles. The second-order valence-corrected chi connectivity index (χ2v) is 6.95. The Morgan fingerprint density at radius 1 is 1.06 bits per heavy atom. The fraction of sp³-hybridized carbons (Fsp3) is 0.143. The van der Waals surface area contributed by atoms with Gasteiger partial charge in [-0.05, 0) is 49.4 Å². The molecule has 0 spiro atoms. The molecule has 32 heavy (non-hydrogen) atoms. The van der Waals surface area contributed by atoms with Crippen LogP contribution < -0.4 is 15.9 Å². The van der Waals surface area contributed by atoms with E-state index in [0.29, 0.717) is 11.3 Å². The molecule has 0 aliphatic heterocycles. The molecule has 0 amide bonds. The lowest BCUT2D eigenvalue weighted by molar-refractivity contribution is -0.274. The molecule has 8 nitrogen and oxygen atoms in total. The largest absolute Gasteiger partial charge is 0.573 e. The summed E-state index contributed by atoms with van der Waals surface area (Å²) in [6.45, 7) is 1.57. The molecular weight excluding hydrogens is 429 g/mol. The number of halogens is 3. The molecule has 2 aromatic carbocycles. The van der Waals surface area contributed by atoms with E-state index >= 15 is 0 Å². The fourth-order valence-electron chi connectivity index (χ4n) is 3.32. The molecule has 0 bridgehead atoms. The number of carbonyl (C=O) groups is 1. The van der Waals surface area contributed by atoms with Gasteiger partial charge in [0.25, 0.3) is 11.1 Å². The quantitative estimate of drug-likeness (QED) is 0.488. The summed E-state index contributed by atoms with van der Waals surface area (Å²) in [7, 11) is 1.47. The van der Waals surface area contributed by atoms with Crippen molar-refractivity contribution in [2.45, 2.75) is 13.3 Å². The first-order valence-corrected chi connectivity index (χ1v) is 9.24. The zero-order valence-corrected chi connectivity index (χ0v) is 16.7. The van der Waals surface area contributed by atoms with E-state index in [1.807, 2.05) is 0 Å². The van der Waals surface area contributed by atoms with Gasteiger partial charge < -0.3 is 9.84 Å². The zero-order chi connectivity index (χ0) is 23.2. The van der Waals surface area contributed by atoms with E-state index in [0.717, 1.165) is 16.8 Å². The molecule has 0 saturated carbocycles. The molecular formula is C21H15F3N4O4. The number of hydrogen-bond acceptors (Lipinski definition) is 5. The number of aromatic nitrogens is 4. The number of aromatic amines is 1. The van der Waals surface area contributed by atoms with Gasteiger partial charge in [0, 0.05) is 18.8 Å². The number of nitrogens with one attached hydrogen (secondary N) is 1. The Balaban J connectivity index is 1.80. The second kappa shape index (κ2) is 7.52. The zero-order valence-electron chi connectivity index (χ0n) is 16.7. The third-order valence-corrected chi connectivity index (χ3v) is 4.81. The number of benzene rings is 2. The SMILES string of the molecule is Cc1nc2ccc(C(=O)c3c[nH]n(C)c3=O)cc2c(=O)n1-c1ccc(OC(F)(F)F)cc1. The lowest BCUT2D eigenvalue weighted by Crippen LogP contribution is -2.23. The number of ketones is 1. The molecule has 4 aromatic rings. The van der Waals surface area contributed by atoms with Gasteiger partial charge in [-0.3, -0.25) is 23.6 Å². The Bertz CT molecular complexity index is 1460. The predicted molar refractivity (Wildman–Crippen MR) is 108 cm³/mol. The van der Waals surface area contributed by atoms with Gasteiger partial charge in [-0.15, -0.1) is 13.2 Å².